The smallest absolute Gasteiger partial charge is 0.336 e. The first kappa shape index (κ1) is 31.2. The predicted octanol–water partition coefficient (Wildman–Crippen LogP) is 6.26. The molecule has 5 atom stereocenters. The minimum atomic E-state index is -1.17. The molecule has 42 heavy (non-hydrogen) atoms. The third kappa shape index (κ3) is 7.18. The maximum atomic E-state index is 12.4. The van der Waals surface area contributed by atoms with Crippen LogP contribution in [0.1, 0.15) is 65.5 Å². The molecule has 3 aromatic carbocycles. The minimum Gasteiger partial charge on any atom is -0.478 e. The lowest BCUT2D eigenvalue weighted by molar-refractivity contribution is -0.124. The molecule has 0 spiro atoms. The van der Waals surface area contributed by atoms with Crippen molar-refractivity contribution in [1.82, 2.24) is 0 Å². The van der Waals surface area contributed by atoms with Crippen molar-refractivity contribution in [3.8, 4) is 11.5 Å². The Hall–Kier alpha value is -3.72. The van der Waals surface area contributed by atoms with E-state index in [9.17, 15) is 24.9 Å². The number of aliphatic hydroxyl groups excluding tert-OH is 2. The van der Waals surface area contributed by atoms with Crippen LogP contribution in [0, 0.1) is 17.8 Å². The summed E-state index contributed by atoms with van der Waals surface area (Å²) in [5.41, 5.74) is 3.42. The van der Waals surface area contributed by atoms with Gasteiger partial charge < -0.3 is 30.1 Å². The molecule has 3 aromatic rings. The van der Waals surface area contributed by atoms with E-state index < -0.39 is 18.2 Å². The van der Waals surface area contributed by atoms with Gasteiger partial charge in [-0.3, -0.25) is 4.79 Å². The molecule has 0 amide bonds. The number of ether oxygens (including phenoxy) is 2. The lowest BCUT2D eigenvalue weighted by atomic mass is 9.69. The number of methoxy groups -OCH3 is 1. The summed E-state index contributed by atoms with van der Waals surface area (Å²) in [5, 5.41) is 34.1. The van der Waals surface area contributed by atoms with Gasteiger partial charge >= 0.3 is 5.97 Å². The van der Waals surface area contributed by atoms with E-state index in [4.69, 9.17) is 9.47 Å². The molecule has 1 saturated carbocycles. The number of carbonyl (C=O) groups excluding carboxylic acids is 1. The number of nitrogens with one attached hydrogen (secondary N) is 1. The van der Waals surface area contributed by atoms with Crippen LogP contribution in [0.25, 0.3) is 0 Å². The van der Waals surface area contributed by atoms with Crippen molar-refractivity contribution in [2.75, 3.05) is 19.0 Å². The Morgan fingerprint density at radius 2 is 1.64 bits per heavy atom. The quantitative estimate of drug-likeness (QED) is 0.187. The van der Waals surface area contributed by atoms with Gasteiger partial charge in [0.2, 0.25) is 0 Å². The third-order valence-electron chi connectivity index (χ3n) is 8.45. The zero-order valence-corrected chi connectivity index (χ0v) is 24.7. The van der Waals surface area contributed by atoms with Crippen molar-refractivity contribution in [3.63, 3.8) is 0 Å². The first-order valence-electron chi connectivity index (χ1n) is 14.5. The van der Waals surface area contributed by atoms with Crippen molar-refractivity contribution in [3.05, 3.63) is 82.9 Å². The van der Waals surface area contributed by atoms with Gasteiger partial charge in [0.1, 0.15) is 11.5 Å². The molecule has 4 N–H and O–H groups in total. The highest BCUT2D eigenvalue weighted by Crippen LogP contribution is 2.39. The predicted molar refractivity (Wildman–Crippen MR) is 162 cm³/mol. The number of hydrogen-bond acceptors (Lipinski definition) is 7. The van der Waals surface area contributed by atoms with Crippen LogP contribution in [0.15, 0.2) is 60.7 Å². The number of aliphatic hydroxyl groups is 2. The fourth-order valence-electron chi connectivity index (χ4n) is 6.06. The Balaban J connectivity index is 1.57. The molecule has 0 bridgehead atoms. The molecule has 0 saturated heterocycles. The van der Waals surface area contributed by atoms with Crippen molar-refractivity contribution >= 4 is 23.1 Å². The number of anilines is 2. The highest BCUT2D eigenvalue weighted by atomic mass is 16.5. The van der Waals surface area contributed by atoms with Gasteiger partial charge in [0.25, 0.3) is 0 Å². The first-order valence-corrected chi connectivity index (χ1v) is 14.5. The molecular formula is C34H41NO7. The topological polar surface area (TPSA) is 125 Å². The van der Waals surface area contributed by atoms with Gasteiger partial charge in [-0.25, -0.2) is 4.79 Å². The number of rotatable bonds is 12. The molecule has 1 aliphatic rings. The second-order valence-corrected chi connectivity index (χ2v) is 11.2. The van der Waals surface area contributed by atoms with Crippen molar-refractivity contribution in [2.24, 2.45) is 17.8 Å². The van der Waals surface area contributed by atoms with E-state index in [0.29, 0.717) is 24.3 Å². The molecule has 0 radical (unpaired) electrons. The van der Waals surface area contributed by atoms with Gasteiger partial charge in [-0.05, 0) is 104 Å². The molecule has 8 heteroatoms. The molecule has 1 aliphatic carbocycles. The molecule has 4 rings (SSSR count). The van der Waals surface area contributed by atoms with E-state index >= 15 is 0 Å². The lowest BCUT2D eigenvalue weighted by Crippen LogP contribution is -2.49. The summed E-state index contributed by atoms with van der Waals surface area (Å²) in [6.07, 6.45) is 1.52. The van der Waals surface area contributed by atoms with Gasteiger partial charge in [-0.2, -0.15) is 0 Å². The molecule has 1 fully saturated rings. The van der Waals surface area contributed by atoms with Crippen molar-refractivity contribution in [1.29, 1.82) is 0 Å². The van der Waals surface area contributed by atoms with E-state index in [2.05, 4.69) is 19.2 Å². The first-order chi connectivity index (χ1) is 20.1. The standard InChI is InChI=1S/C34H41NO7/c1-5-22-6-11-26(12-7-22)42-27-13-9-25(10-14-27)35-31-18-29(21(3)37)30(34(39)40)17-23(31)8-15-28-20(2)16-24(19-36)33(41-4)32(28)38/h6-7,9-14,17-18,20,24,28,32-33,35-36,38H,5,8,15-16,19H2,1-4H3,(H,39,40). The van der Waals surface area contributed by atoms with Gasteiger partial charge in [-0.15, -0.1) is 0 Å². The van der Waals surface area contributed by atoms with Crippen LogP contribution in [0.4, 0.5) is 11.4 Å². The van der Waals surface area contributed by atoms with Gasteiger partial charge in [0, 0.05) is 36.6 Å². The zero-order chi connectivity index (χ0) is 30.4. The van der Waals surface area contributed by atoms with Crippen molar-refractivity contribution < 1.29 is 34.4 Å². The maximum absolute atomic E-state index is 12.4. The van der Waals surface area contributed by atoms with Gasteiger partial charge in [0.05, 0.1) is 17.8 Å². The Kier molecular flexibility index (Phi) is 10.4. The monoisotopic (exact) mass is 575 g/mol. The number of carbonyl (C=O) groups is 2. The highest BCUT2D eigenvalue weighted by Gasteiger charge is 2.42. The third-order valence-corrected chi connectivity index (χ3v) is 8.45. The maximum Gasteiger partial charge on any atom is 0.336 e. The number of aromatic carboxylic acids is 1. The summed E-state index contributed by atoms with van der Waals surface area (Å²) in [7, 11) is 1.55. The number of aryl methyl sites for hydroxylation is 2. The van der Waals surface area contributed by atoms with Crippen LogP contribution >= 0.6 is 0 Å². The normalized spacial score (nSPS) is 22.0. The molecule has 224 valence electrons. The molecular weight excluding hydrogens is 534 g/mol. The number of hydrogen-bond donors (Lipinski definition) is 4. The number of carboxylic acid groups (broad SMARTS) is 1. The van der Waals surface area contributed by atoms with Crippen LogP contribution in [0.5, 0.6) is 11.5 Å². The summed E-state index contributed by atoms with van der Waals surface area (Å²) in [4.78, 5) is 24.5. The van der Waals surface area contributed by atoms with E-state index in [-0.39, 0.29) is 41.3 Å². The molecule has 0 aliphatic heterocycles. The van der Waals surface area contributed by atoms with E-state index in [1.807, 2.05) is 48.5 Å². The Labute approximate surface area is 247 Å². The second kappa shape index (κ2) is 14.0. The van der Waals surface area contributed by atoms with E-state index in [1.54, 1.807) is 19.2 Å². The Bertz CT molecular complexity index is 1370. The molecule has 0 heterocycles. The van der Waals surface area contributed by atoms with Gasteiger partial charge in [0.15, 0.2) is 5.78 Å². The molecule has 0 aromatic heterocycles. The summed E-state index contributed by atoms with van der Waals surface area (Å²) in [6.45, 7) is 5.47. The fourth-order valence-corrected chi connectivity index (χ4v) is 6.06. The van der Waals surface area contributed by atoms with Crippen LogP contribution in [0.3, 0.4) is 0 Å². The van der Waals surface area contributed by atoms with Crippen LogP contribution in [-0.4, -0.2) is 53.0 Å². The zero-order valence-electron chi connectivity index (χ0n) is 24.7. The number of benzene rings is 3. The van der Waals surface area contributed by atoms with Gasteiger partial charge in [-0.1, -0.05) is 26.0 Å². The summed E-state index contributed by atoms with van der Waals surface area (Å²) >= 11 is 0. The summed E-state index contributed by atoms with van der Waals surface area (Å²) in [6, 6.07) is 18.5. The largest absolute Gasteiger partial charge is 0.478 e. The second-order valence-electron chi connectivity index (χ2n) is 11.2. The number of Topliss-reactive ketones (excluding diaryl/α,β-unsaturated/α-hetero) is 1. The minimum absolute atomic E-state index is 0.0479. The summed E-state index contributed by atoms with van der Waals surface area (Å²) in [5.74, 6) is -0.192. The van der Waals surface area contributed by atoms with E-state index in [1.165, 1.54) is 12.5 Å². The molecule has 8 nitrogen and oxygen atoms in total. The lowest BCUT2D eigenvalue weighted by Gasteiger charge is -2.43. The van der Waals surface area contributed by atoms with Crippen LogP contribution in [0.2, 0.25) is 0 Å². The Morgan fingerprint density at radius 3 is 2.19 bits per heavy atom. The molecule has 5 unspecified atom stereocenters. The van der Waals surface area contributed by atoms with E-state index in [0.717, 1.165) is 29.8 Å². The number of carboxylic acids is 1. The van der Waals surface area contributed by atoms with Crippen LogP contribution < -0.4 is 10.1 Å². The fraction of sp³-hybridized carbons (Fsp3) is 0.412. The van der Waals surface area contributed by atoms with Crippen LogP contribution in [-0.2, 0) is 17.6 Å². The average molecular weight is 576 g/mol. The van der Waals surface area contributed by atoms with Crippen molar-refractivity contribution in [2.45, 2.75) is 58.7 Å². The summed E-state index contributed by atoms with van der Waals surface area (Å²) < 4.78 is 11.5. The SMILES string of the molecule is CCc1ccc(Oc2ccc(Nc3cc(C(C)=O)c(C(=O)O)cc3CCC3C(C)CC(CO)C(OC)C3O)cc2)cc1. The number of ketones is 1. The Morgan fingerprint density at radius 1 is 1.00 bits per heavy atom. The highest BCUT2D eigenvalue weighted by molar-refractivity contribution is 6.06. The average Bonchev–Trinajstić information content (AvgIpc) is 2.98.